The van der Waals surface area contributed by atoms with Crippen LogP contribution in [-0.2, 0) is 20.2 Å². The second kappa shape index (κ2) is 9.08. The van der Waals surface area contributed by atoms with Gasteiger partial charge in [-0.3, -0.25) is 4.79 Å². The Morgan fingerprint density at radius 3 is 2.56 bits per heavy atom. The lowest BCUT2D eigenvalue weighted by molar-refractivity contribution is -0.118. The maximum atomic E-state index is 13.1. The van der Waals surface area contributed by atoms with E-state index < -0.39 is 15.4 Å². The molecule has 0 radical (unpaired) electrons. The molecule has 184 valence electrons. The third-order valence-corrected chi connectivity index (χ3v) is 7.33. The lowest BCUT2D eigenvalue weighted by Gasteiger charge is -2.13. The number of aryl methyl sites for hydroxylation is 1. The number of amides is 1. The minimum atomic E-state index is -3.88. The second-order valence-electron chi connectivity index (χ2n) is 8.50. The van der Waals surface area contributed by atoms with Gasteiger partial charge in [0.25, 0.3) is 10.0 Å². The van der Waals surface area contributed by atoms with Gasteiger partial charge < -0.3 is 14.6 Å². The van der Waals surface area contributed by atoms with Crippen LogP contribution < -0.4 is 14.8 Å². The standard InChI is InChI=1S/C25H23N5O5S/c1-16-10-13-26-24(27-16)30-36(32,33)20-8-6-18(7-9-20)28-23(31)25(11-12-25)22-15-21(35-29-22)17-4-3-5-19(14-17)34-2/h3-10,13-15H,11-12H2,1-2H3,(H,28,31)(H,26,27,30). The van der Waals surface area contributed by atoms with Crippen LogP contribution in [0.4, 0.5) is 11.6 Å². The highest BCUT2D eigenvalue weighted by atomic mass is 32.2. The number of aromatic nitrogens is 3. The first-order valence-electron chi connectivity index (χ1n) is 11.1. The van der Waals surface area contributed by atoms with Crippen LogP contribution in [0.15, 0.2) is 76.3 Å². The zero-order valence-corrected chi connectivity index (χ0v) is 20.4. The monoisotopic (exact) mass is 505 g/mol. The number of sulfonamides is 1. The quantitative estimate of drug-likeness (QED) is 0.368. The Kier molecular flexibility index (Phi) is 5.92. The summed E-state index contributed by atoms with van der Waals surface area (Å²) in [6, 6.07) is 16.7. The van der Waals surface area contributed by atoms with E-state index in [0.29, 0.717) is 41.4 Å². The molecule has 1 amide bonds. The number of nitrogens with zero attached hydrogens (tertiary/aromatic N) is 3. The van der Waals surface area contributed by atoms with Crippen LogP contribution in [0, 0.1) is 6.92 Å². The first-order chi connectivity index (χ1) is 17.3. The van der Waals surface area contributed by atoms with Crippen LogP contribution in [0.25, 0.3) is 11.3 Å². The minimum absolute atomic E-state index is 0.0102. The Balaban J connectivity index is 1.29. The molecule has 0 atom stereocenters. The highest BCUT2D eigenvalue weighted by Gasteiger charge is 2.53. The van der Waals surface area contributed by atoms with Crippen LogP contribution in [0.3, 0.4) is 0 Å². The zero-order chi connectivity index (χ0) is 25.3. The van der Waals surface area contributed by atoms with E-state index in [1.165, 1.54) is 30.5 Å². The van der Waals surface area contributed by atoms with Crippen molar-refractivity contribution in [1.29, 1.82) is 0 Å². The van der Waals surface area contributed by atoms with E-state index in [0.717, 1.165) is 5.56 Å². The fraction of sp³-hybridized carbons (Fsp3) is 0.200. The van der Waals surface area contributed by atoms with Gasteiger partial charge in [-0.2, -0.15) is 0 Å². The lowest BCUT2D eigenvalue weighted by Crippen LogP contribution is -2.28. The van der Waals surface area contributed by atoms with Crippen LogP contribution >= 0.6 is 0 Å². The summed E-state index contributed by atoms with van der Waals surface area (Å²) >= 11 is 0. The van der Waals surface area contributed by atoms with Crippen molar-refractivity contribution in [3.05, 3.63) is 78.2 Å². The molecule has 5 rings (SSSR count). The molecular weight excluding hydrogens is 482 g/mol. The van der Waals surface area contributed by atoms with Crippen molar-refractivity contribution in [2.24, 2.45) is 0 Å². The molecule has 2 aromatic carbocycles. The molecule has 0 aliphatic heterocycles. The van der Waals surface area contributed by atoms with Gasteiger partial charge in [-0.25, -0.2) is 23.1 Å². The zero-order valence-electron chi connectivity index (χ0n) is 19.6. The van der Waals surface area contributed by atoms with Gasteiger partial charge in [0, 0.05) is 29.2 Å². The number of carbonyl (C=O) groups excluding carboxylic acids is 1. The lowest BCUT2D eigenvalue weighted by atomic mass is 10.00. The molecule has 1 fully saturated rings. The average Bonchev–Trinajstić information content (AvgIpc) is 3.53. The fourth-order valence-electron chi connectivity index (χ4n) is 3.78. The van der Waals surface area contributed by atoms with E-state index in [-0.39, 0.29) is 16.8 Å². The van der Waals surface area contributed by atoms with Gasteiger partial charge in [0.05, 0.1) is 23.1 Å². The summed E-state index contributed by atoms with van der Waals surface area (Å²) in [5.41, 5.74) is 1.67. The van der Waals surface area contributed by atoms with Crippen molar-refractivity contribution in [3.8, 4) is 17.1 Å². The number of methoxy groups -OCH3 is 1. The van der Waals surface area contributed by atoms with Crippen molar-refractivity contribution < 1.29 is 22.5 Å². The Morgan fingerprint density at radius 2 is 1.86 bits per heavy atom. The average molecular weight is 506 g/mol. The second-order valence-corrected chi connectivity index (χ2v) is 10.2. The number of carbonyl (C=O) groups is 1. The molecule has 0 spiro atoms. The van der Waals surface area contributed by atoms with E-state index in [9.17, 15) is 13.2 Å². The third kappa shape index (κ3) is 4.65. The molecule has 11 heteroatoms. The van der Waals surface area contributed by atoms with Gasteiger partial charge in [-0.15, -0.1) is 0 Å². The van der Waals surface area contributed by atoms with Crippen LogP contribution in [0.1, 0.15) is 24.2 Å². The van der Waals surface area contributed by atoms with Crippen molar-refractivity contribution in [2.45, 2.75) is 30.1 Å². The summed E-state index contributed by atoms with van der Waals surface area (Å²) in [7, 11) is -2.29. The molecular formula is C25H23N5O5S. The minimum Gasteiger partial charge on any atom is -0.497 e. The van der Waals surface area contributed by atoms with Crippen molar-refractivity contribution in [3.63, 3.8) is 0 Å². The molecule has 36 heavy (non-hydrogen) atoms. The summed E-state index contributed by atoms with van der Waals surface area (Å²) in [5.74, 6) is 0.998. The van der Waals surface area contributed by atoms with E-state index in [4.69, 9.17) is 9.26 Å². The number of hydrogen-bond acceptors (Lipinski definition) is 8. The molecule has 2 heterocycles. The molecule has 0 unspecified atom stereocenters. The molecule has 0 bridgehead atoms. The van der Waals surface area contributed by atoms with Crippen LogP contribution in [-0.4, -0.2) is 36.6 Å². The Labute approximate surface area is 207 Å². The predicted molar refractivity (Wildman–Crippen MR) is 132 cm³/mol. The number of hydrogen-bond donors (Lipinski definition) is 2. The van der Waals surface area contributed by atoms with Gasteiger partial charge in [0.1, 0.15) is 5.75 Å². The Morgan fingerprint density at radius 1 is 1.08 bits per heavy atom. The van der Waals surface area contributed by atoms with Crippen LogP contribution in [0.2, 0.25) is 0 Å². The maximum Gasteiger partial charge on any atom is 0.264 e. The first kappa shape index (κ1) is 23.5. The number of nitrogens with one attached hydrogen (secondary N) is 2. The summed E-state index contributed by atoms with van der Waals surface area (Å²) < 4.78 is 38.4. The molecule has 4 aromatic rings. The maximum absolute atomic E-state index is 13.1. The number of ether oxygens (including phenoxy) is 1. The topological polar surface area (TPSA) is 136 Å². The van der Waals surface area contributed by atoms with Crippen molar-refractivity contribution in [1.82, 2.24) is 15.1 Å². The van der Waals surface area contributed by atoms with Gasteiger partial charge in [-0.1, -0.05) is 17.3 Å². The SMILES string of the molecule is COc1cccc(-c2cc(C3(C(=O)Nc4ccc(S(=O)(=O)Nc5nccc(C)n5)cc4)CC3)no2)c1. The first-order valence-corrected chi connectivity index (χ1v) is 12.6. The van der Waals surface area contributed by atoms with Gasteiger partial charge in [-0.05, 0) is 62.2 Å². The number of anilines is 2. The predicted octanol–water partition coefficient (Wildman–Crippen LogP) is 3.92. The number of rotatable bonds is 8. The summed E-state index contributed by atoms with van der Waals surface area (Å²) in [5, 5.41) is 7.03. The van der Waals surface area contributed by atoms with E-state index in [2.05, 4.69) is 25.2 Å². The molecule has 1 aliphatic rings. The van der Waals surface area contributed by atoms with Crippen molar-refractivity contribution in [2.75, 3.05) is 17.1 Å². The fourth-order valence-corrected chi connectivity index (χ4v) is 4.73. The van der Waals surface area contributed by atoms with E-state index in [1.54, 1.807) is 26.2 Å². The highest BCUT2D eigenvalue weighted by molar-refractivity contribution is 7.92. The normalized spacial score (nSPS) is 14.2. The molecule has 2 aromatic heterocycles. The molecule has 1 aliphatic carbocycles. The molecule has 10 nitrogen and oxygen atoms in total. The smallest absolute Gasteiger partial charge is 0.264 e. The van der Waals surface area contributed by atoms with E-state index >= 15 is 0 Å². The van der Waals surface area contributed by atoms with Gasteiger partial charge in [0.15, 0.2) is 5.76 Å². The summed E-state index contributed by atoms with van der Waals surface area (Å²) in [6.45, 7) is 1.74. The summed E-state index contributed by atoms with van der Waals surface area (Å²) in [6.07, 6.45) is 2.74. The van der Waals surface area contributed by atoms with E-state index in [1.807, 2.05) is 24.3 Å². The highest BCUT2D eigenvalue weighted by Crippen LogP contribution is 2.49. The van der Waals surface area contributed by atoms with Crippen molar-refractivity contribution >= 4 is 27.6 Å². The summed E-state index contributed by atoms with van der Waals surface area (Å²) in [4.78, 5) is 21.1. The largest absolute Gasteiger partial charge is 0.497 e. The van der Waals surface area contributed by atoms with Gasteiger partial charge in [0.2, 0.25) is 11.9 Å². The third-order valence-electron chi connectivity index (χ3n) is 5.98. The Bertz CT molecular complexity index is 1530. The molecule has 2 N–H and O–H groups in total. The van der Waals surface area contributed by atoms with Gasteiger partial charge >= 0.3 is 0 Å². The Hall–Kier alpha value is -4.25. The molecule has 1 saturated carbocycles. The van der Waals surface area contributed by atoms with Crippen LogP contribution in [0.5, 0.6) is 5.75 Å². The molecule has 0 saturated heterocycles. The number of benzene rings is 2.